The zero-order chi connectivity index (χ0) is 52.5. The van der Waals surface area contributed by atoms with Gasteiger partial charge in [0.1, 0.15) is 0 Å². The minimum atomic E-state index is -0.873. The van der Waals surface area contributed by atoms with Gasteiger partial charge in [0.05, 0.1) is 24.7 Å². The summed E-state index contributed by atoms with van der Waals surface area (Å²) >= 11 is 4.55. The maximum atomic E-state index is 10.5. The summed E-state index contributed by atoms with van der Waals surface area (Å²) in [7, 11) is 0. The number of aliphatic carboxylic acids is 6. The first kappa shape index (κ1) is 68.4. The lowest BCUT2D eigenvalue weighted by Crippen LogP contribution is -2.21. The highest BCUT2D eigenvalue weighted by Gasteiger charge is 2.17. The fraction of sp³-hybridized carbons (Fsp3) is 0.490. The van der Waals surface area contributed by atoms with Gasteiger partial charge in [-0.05, 0) is 83.0 Å². The molecule has 9 N–H and O–H groups in total. The summed E-state index contributed by atoms with van der Waals surface area (Å²) in [5.74, 6) is -4.97. The van der Waals surface area contributed by atoms with Crippen molar-refractivity contribution >= 4 is 71.1 Å². The Morgan fingerprint density at radius 3 is 1.04 bits per heavy atom. The van der Waals surface area contributed by atoms with Gasteiger partial charge in [-0.25, -0.2) is 0 Å². The van der Waals surface area contributed by atoms with Gasteiger partial charge in [-0.15, -0.1) is 0 Å². The van der Waals surface area contributed by atoms with E-state index in [1.165, 1.54) is 35.3 Å². The monoisotopic (exact) mass is 1020 g/mol. The van der Waals surface area contributed by atoms with Crippen LogP contribution in [0.25, 0.3) is 0 Å². The number of carbonyl (C=O) groups is 6. The lowest BCUT2D eigenvalue weighted by atomic mass is 10.1. The van der Waals surface area contributed by atoms with Crippen LogP contribution in [-0.4, -0.2) is 135 Å². The molecule has 0 aliphatic heterocycles. The zero-order valence-corrected chi connectivity index (χ0v) is 42.5. The number of aliphatic hydroxyl groups is 3. The summed E-state index contributed by atoms with van der Waals surface area (Å²) in [5.41, 5.74) is 0. The first-order valence-electron chi connectivity index (χ1n) is 22.5. The van der Waals surface area contributed by atoms with Crippen LogP contribution in [0.15, 0.2) is 122 Å². The molecule has 15 nitrogen and oxygen atoms in total. The van der Waals surface area contributed by atoms with Crippen LogP contribution in [0, 0.1) is 0 Å². The Morgan fingerprint density at radius 2 is 0.696 bits per heavy atom. The van der Waals surface area contributed by atoms with Crippen LogP contribution in [0.3, 0.4) is 0 Å². The highest BCUT2D eigenvalue weighted by molar-refractivity contribution is 7.99. The van der Waals surface area contributed by atoms with Crippen molar-refractivity contribution in [3.8, 4) is 0 Å². The molecule has 0 spiro atoms. The molecule has 388 valence electrons. The van der Waals surface area contributed by atoms with E-state index in [9.17, 15) is 44.1 Å². The van der Waals surface area contributed by atoms with Crippen LogP contribution in [0.2, 0.25) is 0 Å². The van der Waals surface area contributed by atoms with E-state index in [0.29, 0.717) is 51.4 Å². The predicted molar refractivity (Wildman–Crippen MR) is 281 cm³/mol. The van der Waals surface area contributed by atoms with E-state index in [-0.39, 0.29) is 54.3 Å². The third-order valence-electron chi connectivity index (χ3n) is 8.95. The lowest BCUT2D eigenvalue weighted by Gasteiger charge is -2.17. The van der Waals surface area contributed by atoms with Crippen LogP contribution in [0.4, 0.5) is 0 Å². The minimum Gasteiger partial charge on any atom is -0.481 e. The number of allylic oxidation sites excluding steroid dienone is 16. The lowest BCUT2D eigenvalue weighted by molar-refractivity contribution is -0.138. The Hall–Kier alpha value is -4.85. The third kappa shape index (κ3) is 52.4. The van der Waals surface area contributed by atoms with E-state index < -0.39 is 54.1 Å². The standard InChI is InChI=1S/C19H28O5S.C17H26O5S.C15H22O5S/c1-25-17(16(20)12-11-15-19(23)24)13-9-7-5-3-2-4-6-8-10-14-18(21)22;1-23-15(14(18)10-9-13-17(21)22)11-7-5-3-2-4-6-8-12-16(19)20;1-21-13(12(16)8-7-11-15(19)20)9-5-3-2-4-6-10-14(17)18/h2-3,5-9,13,16-17,20H,4,10-12,14-15H2,1H3,(H,21,22)(H,23,24);2-5,7,11,14-15,18H,6,8-10,12-13H2,1H3,(H,19,20)(H,21,22);2-6,9,12-13,16H,7-8,10-11H2,1H3,(H,17,18)(H,19,20)/b3-2-,7-5+,8-6-,13-9+;4-2-,5-3+,11-7+;3-2+,6-4-,9-5+/t16-,17+;14-,15+;12-,13+/m000/s1. The maximum Gasteiger partial charge on any atom is 0.307 e. The summed E-state index contributed by atoms with van der Waals surface area (Å²) < 4.78 is 0. The van der Waals surface area contributed by atoms with Crippen molar-refractivity contribution in [2.45, 2.75) is 137 Å². The molecule has 0 aromatic heterocycles. The number of hydrogen-bond donors (Lipinski definition) is 9. The number of rotatable bonds is 38. The second kappa shape index (κ2) is 49.6. The fourth-order valence-corrected chi connectivity index (χ4v) is 7.42. The Kier molecular flexibility index (Phi) is 49.1. The molecule has 0 aromatic carbocycles. The quantitative estimate of drug-likeness (QED) is 0.0158. The van der Waals surface area contributed by atoms with Gasteiger partial charge in [0, 0.05) is 47.9 Å². The highest BCUT2D eigenvalue weighted by Crippen LogP contribution is 2.20. The van der Waals surface area contributed by atoms with E-state index in [2.05, 4.69) is 0 Å². The topological polar surface area (TPSA) is 284 Å². The smallest absolute Gasteiger partial charge is 0.307 e. The summed E-state index contributed by atoms with van der Waals surface area (Å²) in [5, 5.41) is 81.0. The molecule has 69 heavy (non-hydrogen) atoms. The first-order valence-corrected chi connectivity index (χ1v) is 26.4. The van der Waals surface area contributed by atoms with Crippen molar-refractivity contribution in [3.63, 3.8) is 0 Å². The largest absolute Gasteiger partial charge is 0.481 e. The molecule has 0 saturated carbocycles. The molecule has 0 aliphatic carbocycles. The second-order valence-corrected chi connectivity index (χ2v) is 17.8. The maximum absolute atomic E-state index is 10.5. The summed E-state index contributed by atoms with van der Waals surface area (Å²) in [6, 6.07) is 0. The van der Waals surface area contributed by atoms with Crippen molar-refractivity contribution in [2.24, 2.45) is 0 Å². The molecular weight excluding hydrogens is 949 g/mol. The Balaban J connectivity index is -0.000000951. The molecule has 0 radical (unpaired) electrons. The SMILES string of the molecule is CS[C@H](/C=C/C=C/C=C\C/C=C\CCC(=O)O)[C@@H](O)CCCC(=O)O.CS[C@H](/C=C/C=C/C=C\CC(=O)O)[C@@H](O)CCCC(=O)O.CS[C@H](/C=C/C=C/C=C\CCCC(=O)O)[C@@H](O)CCCC(=O)O. The van der Waals surface area contributed by atoms with Gasteiger partial charge >= 0.3 is 35.8 Å². The Labute approximate surface area is 421 Å². The van der Waals surface area contributed by atoms with Crippen molar-refractivity contribution < 1.29 is 74.7 Å². The molecule has 0 bridgehead atoms. The van der Waals surface area contributed by atoms with Gasteiger partial charge in [0.25, 0.3) is 0 Å². The molecule has 6 atom stereocenters. The molecule has 0 unspecified atom stereocenters. The second-order valence-electron chi connectivity index (χ2n) is 14.8. The molecule has 0 aliphatic rings. The van der Waals surface area contributed by atoms with Crippen molar-refractivity contribution in [1.29, 1.82) is 0 Å². The molecule has 18 heteroatoms. The average Bonchev–Trinajstić information content (AvgIpc) is 3.28. The Bertz CT molecular complexity index is 1710. The molecule has 0 saturated heterocycles. The van der Waals surface area contributed by atoms with Gasteiger partial charge in [-0.2, -0.15) is 35.3 Å². The number of aliphatic hydroxyl groups excluding tert-OH is 3. The molecule has 0 aromatic rings. The highest BCUT2D eigenvalue weighted by atomic mass is 32.2. The van der Waals surface area contributed by atoms with Crippen molar-refractivity contribution in [1.82, 2.24) is 0 Å². The van der Waals surface area contributed by atoms with E-state index in [0.717, 1.165) is 12.8 Å². The number of carboxylic acid groups (broad SMARTS) is 6. The number of unbranched alkanes of at least 4 members (excludes halogenated alkanes) is 1. The van der Waals surface area contributed by atoms with Crippen LogP contribution in [-0.2, 0) is 28.8 Å². The van der Waals surface area contributed by atoms with E-state index in [1.807, 2.05) is 110 Å². The minimum absolute atomic E-state index is 0.0101. The summed E-state index contributed by atoms with van der Waals surface area (Å²) in [6.07, 6.45) is 46.7. The van der Waals surface area contributed by atoms with Crippen molar-refractivity contribution in [3.05, 3.63) is 122 Å². The van der Waals surface area contributed by atoms with E-state index in [4.69, 9.17) is 30.6 Å². The summed E-state index contributed by atoms with van der Waals surface area (Å²) in [6.45, 7) is 0. The van der Waals surface area contributed by atoms with Crippen LogP contribution < -0.4 is 0 Å². The van der Waals surface area contributed by atoms with Gasteiger partial charge in [0.15, 0.2) is 0 Å². The predicted octanol–water partition coefficient (Wildman–Crippen LogP) is 9.55. The molecular formula is C51H76O15S3. The third-order valence-corrected chi connectivity index (χ3v) is 12.0. The van der Waals surface area contributed by atoms with Gasteiger partial charge < -0.3 is 46.0 Å². The van der Waals surface area contributed by atoms with Crippen LogP contribution in [0.5, 0.6) is 0 Å². The number of thioether (sulfide) groups is 3. The normalized spacial score (nSPS) is 14.8. The van der Waals surface area contributed by atoms with Gasteiger partial charge in [-0.1, -0.05) is 122 Å². The van der Waals surface area contributed by atoms with Gasteiger partial charge in [-0.3, -0.25) is 28.8 Å². The van der Waals surface area contributed by atoms with Gasteiger partial charge in [0.2, 0.25) is 0 Å². The Morgan fingerprint density at radius 1 is 0.362 bits per heavy atom. The molecule has 0 fully saturated rings. The van der Waals surface area contributed by atoms with Crippen LogP contribution >= 0.6 is 35.3 Å². The van der Waals surface area contributed by atoms with E-state index >= 15 is 0 Å². The van der Waals surface area contributed by atoms with Crippen LogP contribution in [0.1, 0.15) is 103 Å². The van der Waals surface area contributed by atoms with E-state index in [1.54, 1.807) is 30.4 Å². The first-order chi connectivity index (χ1) is 32.9. The molecule has 0 amide bonds. The number of hydrogen-bond acceptors (Lipinski definition) is 12. The van der Waals surface area contributed by atoms with Crippen molar-refractivity contribution in [2.75, 3.05) is 18.8 Å². The summed E-state index contributed by atoms with van der Waals surface area (Å²) in [4.78, 5) is 62.2. The fourth-order valence-electron chi connectivity index (χ4n) is 5.33. The zero-order valence-electron chi connectivity index (χ0n) is 40.0. The number of carboxylic acids is 6. The molecule has 0 rings (SSSR count). The average molecular weight is 1030 g/mol. The molecule has 0 heterocycles.